The maximum Gasteiger partial charge on any atom is 0.318 e. The van der Waals surface area contributed by atoms with E-state index in [1.807, 2.05) is 49.3 Å². The van der Waals surface area contributed by atoms with Crippen LogP contribution in [0.3, 0.4) is 0 Å². The summed E-state index contributed by atoms with van der Waals surface area (Å²) >= 11 is 1.64. The first-order valence-electron chi connectivity index (χ1n) is 12.7. The molecule has 2 aromatic rings. The Kier molecular flexibility index (Phi) is 8.94. The van der Waals surface area contributed by atoms with E-state index >= 15 is 0 Å². The van der Waals surface area contributed by atoms with Gasteiger partial charge in [-0.1, -0.05) is 6.07 Å². The van der Waals surface area contributed by atoms with Gasteiger partial charge in [0.1, 0.15) is 6.54 Å². The topological polar surface area (TPSA) is 83.6 Å². The Morgan fingerprint density at radius 2 is 1.81 bits per heavy atom. The number of benzene rings is 1. The van der Waals surface area contributed by atoms with Gasteiger partial charge >= 0.3 is 6.03 Å². The second-order valence-electron chi connectivity index (χ2n) is 10.5. The van der Waals surface area contributed by atoms with Gasteiger partial charge < -0.3 is 29.3 Å². The number of nitrogens with zero attached hydrogens (tertiary/aromatic N) is 3. The fourth-order valence-electron chi connectivity index (χ4n) is 4.23. The minimum absolute atomic E-state index is 0.00122. The van der Waals surface area contributed by atoms with Gasteiger partial charge in [-0.25, -0.2) is 4.79 Å². The van der Waals surface area contributed by atoms with E-state index in [1.54, 1.807) is 16.2 Å². The first kappa shape index (κ1) is 27.2. The summed E-state index contributed by atoms with van der Waals surface area (Å²) in [4.78, 5) is 33.8. The number of nitrogens with one attached hydrogen (secondary N) is 1. The second kappa shape index (κ2) is 12.1. The van der Waals surface area contributed by atoms with E-state index in [2.05, 4.69) is 23.2 Å². The maximum atomic E-state index is 13.8. The van der Waals surface area contributed by atoms with Crippen LogP contribution in [0.4, 0.5) is 4.79 Å². The van der Waals surface area contributed by atoms with E-state index in [0.29, 0.717) is 50.9 Å². The molecule has 0 bridgehead atoms. The Hall–Kier alpha value is -2.82. The van der Waals surface area contributed by atoms with E-state index in [0.717, 1.165) is 29.1 Å². The third-order valence-electron chi connectivity index (χ3n) is 6.35. The third-order valence-corrected chi connectivity index (χ3v) is 7.36. The quantitative estimate of drug-likeness (QED) is 0.535. The number of fused-ring (bicyclic) bond motifs is 1. The number of carbonyl (C=O) groups excluding carboxylic acids is 2. The molecule has 0 radical (unpaired) electrons. The number of hydrogen-bond donors (Lipinski definition) is 1. The number of rotatable bonds is 9. The molecule has 1 saturated heterocycles. The van der Waals surface area contributed by atoms with Crippen molar-refractivity contribution >= 4 is 23.3 Å². The summed E-state index contributed by atoms with van der Waals surface area (Å²) in [5.74, 6) is 1.30. The van der Waals surface area contributed by atoms with Crippen LogP contribution >= 0.6 is 11.3 Å². The number of morpholine rings is 1. The van der Waals surface area contributed by atoms with E-state index in [4.69, 9.17) is 14.2 Å². The zero-order chi connectivity index (χ0) is 26.4. The van der Waals surface area contributed by atoms with Crippen LogP contribution in [0.25, 0.3) is 0 Å². The molecule has 1 aromatic carbocycles. The summed E-state index contributed by atoms with van der Waals surface area (Å²) in [6.45, 7) is 13.2. The Balaban J connectivity index is 1.50. The molecular formula is C27H38N4O5S. The highest BCUT2D eigenvalue weighted by Crippen LogP contribution is 2.33. The third kappa shape index (κ3) is 7.83. The highest BCUT2D eigenvalue weighted by atomic mass is 32.1. The van der Waals surface area contributed by atoms with Gasteiger partial charge in [-0.3, -0.25) is 9.69 Å². The fraction of sp³-hybridized carbons (Fsp3) is 0.556. The molecule has 2 aliphatic rings. The van der Waals surface area contributed by atoms with Crippen molar-refractivity contribution in [3.63, 3.8) is 0 Å². The van der Waals surface area contributed by atoms with E-state index < -0.39 is 5.54 Å². The molecule has 9 nitrogen and oxygen atoms in total. The van der Waals surface area contributed by atoms with Gasteiger partial charge in [0.2, 0.25) is 12.7 Å². The largest absolute Gasteiger partial charge is 0.454 e. The van der Waals surface area contributed by atoms with Gasteiger partial charge in [-0.15, -0.1) is 11.3 Å². The molecule has 37 heavy (non-hydrogen) atoms. The molecule has 0 spiro atoms. The lowest BCUT2D eigenvalue weighted by molar-refractivity contribution is -0.133. The minimum atomic E-state index is -0.405. The lowest BCUT2D eigenvalue weighted by atomic mass is 10.1. The van der Waals surface area contributed by atoms with Crippen molar-refractivity contribution in [1.29, 1.82) is 0 Å². The first-order chi connectivity index (χ1) is 17.7. The molecule has 4 rings (SSSR count). The van der Waals surface area contributed by atoms with E-state index in [9.17, 15) is 9.59 Å². The molecule has 0 atom stereocenters. The number of amides is 3. The predicted octanol–water partition coefficient (Wildman–Crippen LogP) is 3.46. The first-order valence-corrected chi connectivity index (χ1v) is 13.6. The highest BCUT2D eigenvalue weighted by Gasteiger charge is 2.26. The number of urea groups is 1. The van der Waals surface area contributed by atoms with Crippen molar-refractivity contribution in [1.82, 2.24) is 20.0 Å². The van der Waals surface area contributed by atoms with E-state index in [-0.39, 0.29) is 25.3 Å². The summed E-state index contributed by atoms with van der Waals surface area (Å²) in [5, 5.41) is 5.07. The Labute approximate surface area is 223 Å². The summed E-state index contributed by atoms with van der Waals surface area (Å²) in [6, 6.07) is 7.59. The normalized spacial score (nSPS) is 15.5. The van der Waals surface area contributed by atoms with Crippen LogP contribution in [-0.4, -0.2) is 84.9 Å². The maximum absolute atomic E-state index is 13.8. The summed E-state index contributed by atoms with van der Waals surface area (Å²) in [5.41, 5.74) is 1.70. The van der Waals surface area contributed by atoms with Crippen LogP contribution in [-0.2, 0) is 22.6 Å². The highest BCUT2D eigenvalue weighted by molar-refractivity contribution is 7.10. The van der Waals surface area contributed by atoms with Crippen LogP contribution < -0.4 is 14.8 Å². The molecule has 202 valence electrons. The standard InChI is InChI=1S/C27H38N4O5S/c1-20-7-14-37-24(20)17-31(16-21-5-6-22-23(15-21)36-19-35-22)25(32)18-30(26(33)28-27(2,3)4)9-8-29-10-12-34-13-11-29/h5-7,14-15H,8-13,16-19H2,1-4H3,(H,28,33). The van der Waals surface area contributed by atoms with Crippen molar-refractivity contribution < 1.29 is 23.8 Å². The molecule has 1 aromatic heterocycles. The summed E-state index contributed by atoms with van der Waals surface area (Å²) in [7, 11) is 0. The SMILES string of the molecule is Cc1ccsc1CN(Cc1ccc2c(c1)OCO2)C(=O)CN(CCN1CCOCC1)C(=O)NC(C)(C)C. The van der Waals surface area contributed by atoms with Crippen molar-refractivity contribution in [2.75, 3.05) is 52.7 Å². The molecule has 0 saturated carbocycles. The number of ether oxygens (including phenoxy) is 3. The van der Waals surface area contributed by atoms with Crippen LogP contribution in [0.2, 0.25) is 0 Å². The monoisotopic (exact) mass is 530 g/mol. The number of thiophene rings is 1. The number of hydrogen-bond acceptors (Lipinski definition) is 7. The lowest BCUT2D eigenvalue weighted by Gasteiger charge is -2.33. The van der Waals surface area contributed by atoms with Gasteiger partial charge in [0.15, 0.2) is 11.5 Å². The fourth-order valence-corrected chi connectivity index (χ4v) is 5.15. The van der Waals surface area contributed by atoms with Crippen LogP contribution in [0.15, 0.2) is 29.6 Å². The Morgan fingerprint density at radius 3 is 2.51 bits per heavy atom. The zero-order valence-electron chi connectivity index (χ0n) is 22.2. The zero-order valence-corrected chi connectivity index (χ0v) is 23.1. The number of carbonyl (C=O) groups is 2. The minimum Gasteiger partial charge on any atom is -0.454 e. The smallest absolute Gasteiger partial charge is 0.318 e. The molecule has 2 aliphatic heterocycles. The molecular weight excluding hydrogens is 492 g/mol. The van der Waals surface area contributed by atoms with Gasteiger partial charge in [0, 0.05) is 43.1 Å². The van der Waals surface area contributed by atoms with Crippen molar-refractivity contribution in [3.05, 3.63) is 45.6 Å². The van der Waals surface area contributed by atoms with Crippen LogP contribution in [0, 0.1) is 6.92 Å². The van der Waals surface area contributed by atoms with Crippen molar-refractivity contribution in [2.24, 2.45) is 0 Å². The molecule has 3 heterocycles. The Morgan fingerprint density at radius 1 is 1.05 bits per heavy atom. The molecule has 0 unspecified atom stereocenters. The van der Waals surface area contributed by atoms with E-state index in [1.165, 1.54) is 0 Å². The predicted molar refractivity (Wildman–Crippen MR) is 143 cm³/mol. The summed E-state index contributed by atoms with van der Waals surface area (Å²) < 4.78 is 16.4. The number of aryl methyl sites for hydroxylation is 1. The Bertz CT molecular complexity index is 1080. The average molecular weight is 531 g/mol. The van der Waals surface area contributed by atoms with Crippen molar-refractivity contribution in [2.45, 2.75) is 46.3 Å². The van der Waals surface area contributed by atoms with Crippen LogP contribution in [0.1, 0.15) is 36.8 Å². The van der Waals surface area contributed by atoms with Gasteiger partial charge in [-0.2, -0.15) is 0 Å². The lowest BCUT2D eigenvalue weighted by Crippen LogP contribution is -2.53. The molecule has 1 fully saturated rings. The molecule has 10 heteroatoms. The van der Waals surface area contributed by atoms with Gasteiger partial charge in [0.25, 0.3) is 0 Å². The van der Waals surface area contributed by atoms with Gasteiger partial charge in [0.05, 0.1) is 19.8 Å². The molecule has 0 aliphatic carbocycles. The molecule has 1 N–H and O–H groups in total. The molecule has 3 amide bonds. The van der Waals surface area contributed by atoms with Crippen LogP contribution in [0.5, 0.6) is 11.5 Å². The van der Waals surface area contributed by atoms with Gasteiger partial charge in [-0.05, 0) is 62.4 Å². The van der Waals surface area contributed by atoms with Crippen molar-refractivity contribution in [3.8, 4) is 11.5 Å². The second-order valence-corrected chi connectivity index (χ2v) is 11.5. The summed E-state index contributed by atoms with van der Waals surface area (Å²) in [6.07, 6.45) is 0. The average Bonchev–Trinajstić information content (AvgIpc) is 3.49.